The van der Waals surface area contributed by atoms with Crippen LogP contribution in [0.25, 0.3) is 0 Å². The van der Waals surface area contributed by atoms with Gasteiger partial charge < -0.3 is 4.74 Å². The fraction of sp³-hybridized carbons (Fsp3) is 0.111. The molecule has 2 heterocycles. The second-order valence-electron chi connectivity index (χ2n) is 6.06. The van der Waals surface area contributed by atoms with E-state index in [1.54, 1.807) is 6.07 Å². The molecule has 0 unspecified atom stereocenters. The SMILES string of the molecule is N#Cc1cc(Cl)cc(Oc2c(C(F)(F)F)ncn(CC3=CC(=C(F)F)N=NC3=O)c2=O)c1. The van der Waals surface area contributed by atoms with Crippen LogP contribution in [0.5, 0.6) is 11.5 Å². The number of nitriles is 1. The number of nitrogens with zero attached hydrogens (tertiary/aromatic N) is 5. The highest BCUT2D eigenvalue weighted by Crippen LogP contribution is 2.35. The molecule has 0 atom stereocenters. The third-order valence-electron chi connectivity index (χ3n) is 3.85. The number of carbonyl (C=O) groups excluding carboxylic acids is 1. The average Bonchev–Trinajstić information content (AvgIpc) is 2.70. The van der Waals surface area contributed by atoms with Crippen molar-refractivity contribution in [1.29, 1.82) is 5.26 Å². The molecule has 1 aliphatic heterocycles. The number of alkyl halides is 3. The van der Waals surface area contributed by atoms with Crippen LogP contribution >= 0.6 is 11.6 Å². The molecular weight excluding hydrogens is 465 g/mol. The number of halogens is 6. The van der Waals surface area contributed by atoms with Gasteiger partial charge in [0, 0.05) is 10.6 Å². The Labute approximate surface area is 179 Å². The highest BCUT2D eigenvalue weighted by atomic mass is 35.5. The molecule has 3 rings (SSSR count). The standard InChI is InChI=1S/C18H7ClF5N5O3/c19-10-1-8(5-25)2-11(4-10)32-13-14(18(22,23)24)26-7-29(17(13)31)6-9-3-12(15(20)21)27-28-16(9)30/h1-4,7H,6H2. The molecule has 0 saturated carbocycles. The molecule has 0 N–H and O–H groups in total. The fourth-order valence-corrected chi connectivity index (χ4v) is 2.71. The summed E-state index contributed by atoms with van der Waals surface area (Å²) in [6.45, 7) is -0.742. The number of benzene rings is 1. The third kappa shape index (κ3) is 4.86. The minimum absolute atomic E-state index is 0.0484. The first-order valence-corrected chi connectivity index (χ1v) is 8.64. The van der Waals surface area contributed by atoms with Crippen LogP contribution in [0.2, 0.25) is 5.02 Å². The van der Waals surface area contributed by atoms with Crippen LogP contribution in [0.3, 0.4) is 0 Å². The molecule has 2 aromatic rings. The minimum Gasteiger partial charge on any atom is -0.449 e. The van der Waals surface area contributed by atoms with E-state index in [-0.39, 0.29) is 16.3 Å². The van der Waals surface area contributed by atoms with Gasteiger partial charge in [-0.2, -0.15) is 27.2 Å². The monoisotopic (exact) mass is 471 g/mol. The molecule has 0 spiro atoms. The van der Waals surface area contributed by atoms with E-state index >= 15 is 0 Å². The molecule has 1 aromatic heterocycles. The highest BCUT2D eigenvalue weighted by Gasteiger charge is 2.39. The summed E-state index contributed by atoms with van der Waals surface area (Å²) in [6, 6.07) is 5.04. The van der Waals surface area contributed by atoms with E-state index in [4.69, 9.17) is 21.6 Å². The second kappa shape index (κ2) is 8.67. The van der Waals surface area contributed by atoms with Crippen LogP contribution in [-0.4, -0.2) is 15.5 Å². The zero-order valence-corrected chi connectivity index (χ0v) is 16.1. The number of allylic oxidation sites excluding steroid dienone is 1. The molecule has 8 nitrogen and oxygen atoms in total. The van der Waals surface area contributed by atoms with Crippen LogP contribution in [0.4, 0.5) is 22.0 Å². The first-order chi connectivity index (χ1) is 15.0. The third-order valence-corrected chi connectivity index (χ3v) is 4.07. The molecule has 1 amide bonds. The van der Waals surface area contributed by atoms with Crippen molar-refractivity contribution in [3.05, 3.63) is 74.6 Å². The van der Waals surface area contributed by atoms with Crippen molar-refractivity contribution in [2.75, 3.05) is 0 Å². The molecule has 1 aromatic carbocycles. The molecule has 0 fully saturated rings. The number of aromatic nitrogens is 2. The Morgan fingerprint density at radius 3 is 2.53 bits per heavy atom. The van der Waals surface area contributed by atoms with Crippen LogP contribution < -0.4 is 10.3 Å². The lowest BCUT2D eigenvalue weighted by atomic mass is 10.2. The van der Waals surface area contributed by atoms with Crippen LogP contribution in [0.1, 0.15) is 11.3 Å². The predicted octanol–water partition coefficient (Wildman–Crippen LogP) is 4.61. The number of rotatable bonds is 4. The lowest BCUT2D eigenvalue weighted by molar-refractivity contribution is -0.142. The lowest BCUT2D eigenvalue weighted by Crippen LogP contribution is -2.28. The summed E-state index contributed by atoms with van der Waals surface area (Å²) in [7, 11) is 0. The molecule has 0 radical (unpaired) electrons. The molecular formula is C18H7ClF5N5O3. The van der Waals surface area contributed by atoms with Gasteiger partial charge in [0.1, 0.15) is 5.75 Å². The Hall–Kier alpha value is -3.92. The van der Waals surface area contributed by atoms with Crippen LogP contribution in [0, 0.1) is 11.3 Å². The van der Waals surface area contributed by atoms with Crippen molar-refractivity contribution in [1.82, 2.24) is 9.55 Å². The van der Waals surface area contributed by atoms with Crippen LogP contribution in [-0.2, 0) is 17.5 Å². The Bertz CT molecular complexity index is 1300. The average molecular weight is 472 g/mol. The van der Waals surface area contributed by atoms with E-state index in [0.29, 0.717) is 17.0 Å². The van der Waals surface area contributed by atoms with E-state index in [1.165, 1.54) is 6.07 Å². The number of carbonyl (C=O) groups is 1. The van der Waals surface area contributed by atoms with E-state index in [0.717, 1.165) is 12.1 Å². The summed E-state index contributed by atoms with van der Waals surface area (Å²) >= 11 is 5.80. The Balaban J connectivity index is 2.09. The van der Waals surface area contributed by atoms with Crippen LogP contribution in [0.15, 0.2) is 63.0 Å². The lowest BCUT2D eigenvalue weighted by Gasteiger charge is -2.15. The highest BCUT2D eigenvalue weighted by molar-refractivity contribution is 6.30. The van der Waals surface area contributed by atoms with Gasteiger partial charge in [-0.1, -0.05) is 11.6 Å². The Kier molecular flexibility index (Phi) is 6.17. The summed E-state index contributed by atoms with van der Waals surface area (Å²) in [5.74, 6) is -2.70. The van der Waals surface area contributed by atoms with Crippen molar-refractivity contribution in [2.24, 2.45) is 10.2 Å². The van der Waals surface area contributed by atoms with E-state index < -0.39 is 53.0 Å². The quantitative estimate of drug-likeness (QED) is 0.605. The van der Waals surface area contributed by atoms with Gasteiger partial charge in [-0.25, -0.2) is 4.98 Å². The normalized spacial score (nSPS) is 13.6. The predicted molar refractivity (Wildman–Crippen MR) is 96.9 cm³/mol. The van der Waals surface area contributed by atoms with Crippen molar-refractivity contribution in [3.63, 3.8) is 0 Å². The fourth-order valence-electron chi connectivity index (χ4n) is 2.49. The first kappa shape index (κ1) is 22.8. The zero-order chi connectivity index (χ0) is 23.6. The first-order valence-electron chi connectivity index (χ1n) is 8.26. The summed E-state index contributed by atoms with van der Waals surface area (Å²) in [6.07, 6.45) is -6.24. The summed E-state index contributed by atoms with van der Waals surface area (Å²) < 4.78 is 71.3. The molecule has 0 saturated heterocycles. The number of ether oxygens (including phenoxy) is 1. The maximum atomic E-state index is 13.4. The Morgan fingerprint density at radius 1 is 1.19 bits per heavy atom. The maximum Gasteiger partial charge on any atom is 0.437 e. The zero-order valence-electron chi connectivity index (χ0n) is 15.3. The molecule has 32 heavy (non-hydrogen) atoms. The van der Waals surface area contributed by atoms with Crippen molar-refractivity contribution in [2.45, 2.75) is 12.7 Å². The number of amides is 1. The van der Waals surface area contributed by atoms with Gasteiger partial charge in [0.05, 0.1) is 24.5 Å². The topological polar surface area (TPSA) is 110 Å². The van der Waals surface area contributed by atoms with Gasteiger partial charge in [0.15, 0.2) is 11.4 Å². The van der Waals surface area contributed by atoms with Gasteiger partial charge >= 0.3 is 6.18 Å². The summed E-state index contributed by atoms with van der Waals surface area (Å²) in [5.41, 5.74) is -4.51. The second-order valence-corrected chi connectivity index (χ2v) is 6.50. The number of hydrogen-bond donors (Lipinski definition) is 0. The van der Waals surface area contributed by atoms with Gasteiger partial charge in [-0.3, -0.25) is 14.2 Å². The number of hydrogen-bond acceptors (Lipinski definition) is 6. The molecule has 1 aliphatic rings. The van der Waals surface area contributed by atoms with E-state index in [9.17, 15) is 31.5 Å². The van der Waals surface area contributed by atoms with Crippen molar-refractivity contribution in [3.8, 4) is 17.6 Å². The molecule has 14 heteroatoms. The van der Waals surface area contributed by atoms with Gasteiger partial charge in [-0.05, 0) is 24.3 Å². The van der Waals surface area contributed by atoms with Gasteiger partial charge in [0.2, 0.25) is 5.75 Å². The van der Waals surface area contributed by atoms with E-state index in [1.807, 2.05) is 0 Å². The van der Waals surface area contributed by atoms with Crippen molar-refractivity contribution >= 4 is 17.5 Å². The van der Waals surface area contributed by atoms with Gasteiger partial charge in [-0.15, -0.1) is 10.2 Å². The molecule has 0 bridgehead atoms. The Morgan fingerprint density at radius 2 is 1.91 bits per heavy atom. The molecule has 0 aliphatic carbocycles. The van der Waals surface area contributed by atoms with E-state index in [2.05, 4.69) is 15.2 Å². The maximum absolute atomic E-state index is 13.4. The number of azo groups is 1. The largest absolute Gasteiger partial charge is 0.449 e. The minimum atomic E-state index is -5.11. The summed E-state index contributed by atoms with van der Waals surface area (Å²) in [4.78, 5) is 27.7. The summed E-state index contributed by atoms with van der Waals surface area (Å²) in [5, 5.41) is 14.9. The van der Waals surface area contributed by atoms with Gasteiger partial charge in [0.25, 0.3) is 17.5 Å². The smallest absolute Gasteiger partial charge is 0.437 e. The van der Waals surface area contributed by atoms with Crippen molar-refractivity contribution < 1.29 is 31.5 Å². The molecule has 164 valence electrons.